The van der Waals surface area contributed by atoms with Gasteiger partial charge in [-0.1, -0.05) is 24.3 Å². The van der Waals surface area contributed by atoms with E-state index < -0.39 is 29.5 Å². The topological polar surface area (TPSA) is 99.8 Å². The fourth-order valence-corrected chi connectivity index (χ4v) is 3.13. The highest BCUT2D eigenvalue weighted by Crippen LogP contribution is 2.25. The zero-order valence-electron chi connectivity index (χ0n) is 15.5. The Balaban J connectivity index is 1.58. The lowest BCUT2D eigenvalue weighted by atomic mass is 10.1. The van der Waals surface area contributed by atoms with Gasteiger partial charge >= 0.3 is 5.69 Å². The summed E-state index contributed by atoms with van der Waals surface area (Å²) in [6.45, 7) is -0.346. The van der Waals surface area contributed by atoms with Gasteiger partial charge in [0.1, 0.15) is 23.7 Å². The number of carbonyl (C=O) groups is 1. The van der Waals surface area contributed by atoms with Gasteiger partial charge in [0.2, 0.25) is 5.91 Å². The largest absolute Gasteiger partial charge is 0.355 e. The van der Waals surface area contributed by atoms with Gasteiger partial charge in [-0.2, -0.15) is 0 Å². The van der Waals surface area contributed by atoms with Crippen molar-refractivity contribution in [2.75, 3.05) is 0 Å². The van der Waals surface area contributed by atoms with Gasteiger partial charge in [0, 0.05) is 18.3 Å². The number of benzene rings is 2. The molecule has 4 rings (SSSR count). The smallest absolute Gasteiger partial charge is 0.329 e. The third-order valence-corrected chi connectivity index (χ3v) is 4.68. The van der Waals surface area contributed by atoms with Crippen LogP contribution in [0.2, 0.25) is 0 Å². The van der Waals surface area contributed by atoms with Crippen molar-refractivity contribution in [3.63, 3.8) is 0 Å². The zero-order chi connectivity index (χ0) is 21.3. The number of halogens is 2. The van der Waals surface area contributed by atoms with Gasteiger partial charge in [-0.3, -0.25) is 9.59 Å². The summed E-state index contributed by atoms with van der Waals surface area (Å²) < 4.78 is 26.9. The molecule has 0 aliphatic carbocycles. The van der Waals surface area contributed by atoms with Gasteiger partial charge in [-0.05, 0) is 35.4 Å². The second-order valence-corrected chi connectivity index (χ2v) is 6.68. The number of aromatic nitrogens is 3. The number of aromatic amines is 2. The van der Waals surface area contributed by atoms with E-state index in [-0.39, 0.29) is 23.4 Å². The molecule has 0 fully saturated rings. The Morgan fingerprint density at radius 3 is 2.23 bits per heavy atom. The van der Waals surface area contributed by atoms with Crippen LogP contribution in [0.15, 0.2) is 64.3 Å². The molecule has 9 heteroatoms. The normalized spacial score (nSPS) is 11.0. The van der Waals surface area contributed by atoms with Crippen LogP contribution >= 0.6 is 0 Å². The monoisotopic (exact) mass is 410 g/mol. The van der Waals surface area contributed by atoms with Gasteiger partial charge in [0.25, 0.3) is 5.56 Å². The van der Waals surface area contributed by atoms with Crippen LogP contribution in [0.25, 0.3) is 22.2 Å². The summed E-state index contributed by atoms with van der Waals surface area (Å²) in [6.07, 6.45) is 1.54. The fourth-order valence-electron chi connectivity index (χ4n) is 3.13. The van der Waals surface area contributed by atoms with Crippen LogP contribution in [0.1, 0.15) is 5.56 Å². The Morgan fingerprint density at radius 1 is 0.933 bits per heavy atom. The highest BCUT2D eigenvalue weighted by atomic mass is 19.1. The number of fused-ring (bicyclic) bond motifs is 1. The van der Waals surface area contributed by atoms with Crippen molar-refractivity contribution in [3.8, 4) is 11.1 Å². The SMILES string of the molecule is O=C(Cn1c(=O)[nH]c2c(-c3ccc(F)cc3)c[nH]c2c1=O)NCc1ccc(F)cc1. The van der Waals surface area contributed by atoms with E-state index in [4.69, 9.17) is 0 Å². The molecule has 7 nitrogen and oxygen atoms in total. The molecule has 4 aromatic rings. The molecule has 0 saturated heterocycles. The molecule has 0 spiro atoms. The first-order valence-corrected chi connectivity index (χ1v) is 9.03. The van der Waals surface area contributed by atoms with Crippen molar-refractivity contribution in [1.29, 1.82) is 0 Å². The summed E-state index contributed by atoms with van der Waals surface area (Å²) >= 11 is 0. The molecule has 30 heavy (non-hydrogen) atoms. The molecule has 0 aliphatic rings. The van der Waals surface area contributed by atoms with E-state index in [2.05, 4.69) is 15.3 Å². The standard InChI is InChI=1S/C21H16F2N4O3/c22-14-5-1-12(2-6-14)9-24-17(28)11-27-20(29)19-18(26-21(27)30)16(10-25-19)13-3-7-15(23)8-4-13/h1-8,10,25H,9,11H2,(H,24,28)(H,26,30). The van der Waals surface area contributed by atoms with Crippen molar-refractivity contribution in [3.05, 3.63) is 92.8 Å². The molecule has 3 N–H and O–H groups in total. The molecular formula is C21H16F2N4O3. The van der Waals surface area contributed by atoms with Crippen molar-refractivity contribution in [1.82, 2.24) is 19.9 Å². The Kier molecular flexibility index (Phi) is 5.01. The fraction of sp³-hybridized carbons (Fsp3) is 0.0952. The third kappa shape index (κ3) is 3.77. The maximum absolute atomic E-state index is 13.2. The lowest BCUT2D eigenvalue weighted by Crippen LogP contribution is -2.40. The van der Waals surface area contributed by atoms with E-state index in [9.17, 15) is 23.2 Å². The average molecular weight is 410 g/mol. The van der Waals surface area contributed by atoms with Gasteiger partial charge in [0.15, 0.2) is 0 Å². The number of hydrogen-bond donors (Lipinski definition) is 3. The van der Waals surface area contributed by atoms with E-state index in [0.29, 0.717) is 16.7 Å². The van der Waals surface area contributed by atoms with Crippen LogP contribution in [0.5, 0.6) is 0 Å². The summed E-state index contributed by atoms with van der Waals surface area (Å²) in [7, 11) is 0. The first-order valence-electron chi connectivity index (χ1n) is 9.03. The van der Waals surface area contributed by atoms with E-state index >= 15 is 0 Å². The van der Waals surface area contributed by atoms with Crippen LogP contribution in [-0.2, 0) is 17.9 Å². The van der Waals surface area contributed by atoms with Gasteiger partial charge in [-0.15, -0.1) is 0 Å². The van der Waals surface area contributed by atoms with E-state index in [1.54, 1.807) is 0 Å². The number of H-pyrrole nitrogens is 2. The van der Waals surface area contributed by atoms with Crippen LogP contribution in [-0.4, -0.2) is 20.4 Å². The molecule has 2 heterocycles. The summed E-state index contributed by atoms with van der Waals surface area (Å²) in [4.78, 5) is 42.8. The highest BCUT2D eigenvalue weighted by Gasteiger charge is 2.15. The van der Waals surface area contributed by atoms with Crippen molar-refractivity contribution < 1.29 is 13.6 Å². The van der Waals surface area contributed by atoms with Crippen molar-refractivity contribution in [2.45, 2.75) is 13.1 Å². The Labute approximate surface area is 168 Å². The molecule has 0 aliphatic heterocycles. The molecule has 0 saturated carbocycles. The minimum absolute atomic E-state index is 0.125. The first kappa shape index (κ1) is 19.3. The number of carbonyl (C=O) groups excluding carboxylic acids is 1. The molecule has 1 amide bonds. The zero-order valence-corrected chi connectivity index (χ0v) is 15.5. The Morgan fingerprint density at radius 2 is 1.57 bits per heavy atom. The maximum atomic E-state index is 13.2. The quantitative estimate of drug-likeness (QED) is 0.471. The minimum Gasteiger partial charge on any atom is -0.355 e. The van der Waals surface area contributed by atoms with Crippen LogP contribution in [0.3, 0.4) is 0 Å². The molecule has 0 radical (unpaired) electrons. The Hall–Kier alpha value is -4.01. The average Bonchev–Trinajstić information content (AvgIpc) is 3.15. The lowest BCUT2D eigenvalue weighted by Gasteiger charge is -2.07. The second-order valence-electron chi connectivity index (χ2n) is 6.68. The number of rotatable bonds is 5. The predicted octanol–water partition coefficient (Wildman–Crippen LogP) is 2.28. The lowest BCUT2D eigenvalue weighted by molar-refractivity contribution is -0.121. The number of nitrogens with one attached hydrogen (secondary N) is 3. The molecule has 0 bridgehead atoms. The summed E-state index contributed by atoms with van der Waals surface area (Å²) in [5.41, 5.74) is 0.834. The molecule has 2 aromatic heterocycles. The predicted molar refractivity (Wildman–Crippen MR) is 107 cm³/mol. The van der Waals surface area contributed by atoms with Gasteiger partial charge in [-0.25, -0.2) is 18.1 Å². The third-order valence-electron chi connectivity index (χ3n) is 4.68. The van der Waals surface area contributed by atoms with E-state index in [1.807, 2.05) is 0 Å². The number of nitrogens with zero attached hydrogens (tertiary/aromatic N) is 1. The highest BCUT2D eigenvalue weighted by molar-refractivity contribution is 5.91. The molecule has 0 unspecified atom stereocenters. The Bertz CT molecular complexity index is 1340. The van der Waals surface area contributed by atoms with Gasteiger partial charge < -0.3 is 15.3 Å². The van der Waals surface area contributed by atoms with Crippen LogP contribution < -0.4 is 16.6 Å². The maximum Gasteiger partial charge on any atom is 0.329 e. The van der Waals surface area contributed by atoms with E-state index in [0.717, 1.165) is 4.57 Å². The second kappa shape index (κ2) is 7.78. The molecule has 2 aromatic carbocycles. The van der Waals surface area contributed by atoms with Crippen molar-refractivity contribution in [2.24, 2.45) is 0 Å². The van der Waals surface area contributed by atoms with E-state index in [1.165, 1.54) is 54.7 Å². The van der Waals surface area contributed by atoms with Crippen molar-refractivity contribution >= 4 is 16.9 Å². The summed E-state index contributed by atoms with van der Waals surface area (Å²) in [5, 5.41) is 2.59. The first-order chi connectivity index (χ1) is 14.4. The van der Waals surface area contributed by atoms with Crippen LogP contribution in [0, 0.1) is 11.6 Å². The number of amides is 1. The minimum atomic E-state index is -0.743. The summed E-state index contributed by atoms with van der Waals surface area (Å²) in [5.74, 6) is -1.33. The molecule has 152 valence electrons. The van der Waals surface area contributed by atoms with Gasteiger partial charge in [0.05, 0.1) is 5.52 Å². The molecular weight excluding hydrogens is 394 g/mol. The molecule has 0 atom stereocenters. The van der Waals surface area contributed by atoms with Crippen LogP contribution in [0.4, 0.5) is 8.78 Å². The summed E-state index contributed by atoms with van der Waals surface area (Å²) in [6, 6.07) is 11.2. The number of hydrogen-bond acceptors (Lipinski definition) is 3.